The van der Waals surface area contributed by atoms with Crippen LogP contribution in [-0.4, -0.2) is 47.4 Å². The summed E-state index contributed by atoms with van der Waals surface area (Å²) >= 11 is 0. The molecule has 3 N–H and O–H groups in total. The average Bonchev–Trinajstić information content (AvgIpc) is 3.78. The fourth-order valence-electron chi connectivity index (χ4n) is 13.9. The van der Waals surface area contributed by atoms with E-state index < -0.39 is 12.1 Å². The first-order valence-electron chi connectivity index (χ1n) is 43.1. The summed E-state index contributed by atoms with van der Waals surface area (Å²) in [7, 11) is 0. The van der Waals surface area contributed by atoms with Crippen molar-refractivity contribution in [3.63, 3.8) is 0 Å². The number of aliphatic hydroxyl groups excluding tert-OH is 2. The first-order valence-corrected chi connectivity index (χ1v) is 43.1. The van der Waals surface area contributed by atoms with Gasteiger partial charge in [-0.05, 0) is 57.8 Å². The zero-order chi connectivity index (χ0) is 67.0. The minimum absolute atomic E-state index is 0.0264. The maximum atomic E-state index is 12.6. The molecule has 0 aromatic heterocycles. The maximum absolute atomic E-state index is 12.6. The third kappa shape index (κ3) is 79.2. The van der Waals surface area contributed by atoms with E-state index in [2.05, 4.69) is 31.3 Å². The molecule has 0 heterocycles. The van der Waals surface area contributed by atoms with Crippen LogP contribution in [-0.2, 0) is 14.3 Å². The van der Waals surface area contributed by atoms with Gasteiger partial charge in [-0.2, -0.15) is 0 Å². The Kier molecular flexibility index (Phi) is 81.3. The Morgan fingerprint density at radius 1 is 0.290 bits per heavy atom. The number of allylic oxidation sites excluding steroid dienone is 3. The number of amides is 1. The zero-order valence-electron chi connectivity index (χ0n) is 63.5. The van der Waals surface area contributed by atoms with E-state index in [9.17, 15) is 19.8 Å². The van der Waals surface area contributed by atoms with Gasteiger partial charge in [-0.3, -0.25) is 9.59 Å². The van der Waals surface area contributed by atoms with Crippen LogP contribution in [0, 0.1) is 0 Å². The van der Waals surface area contributed by atoms with Crippen molar-refractivity contribution in [2.45, 2.75) is 508 Å². The summed E-state index contributed by atoms with van der Waals surface area (Å²) in [6.07, 6.45) is 108. The third-order valence-corrected chi connectivity index (χ3v) is 20.5. The van der Waals surface area contributed by atoms with Crippen LogP contribution in [0.1, 0.15) is 495 Å². The largest absolute Gasteiger partial charge is 0.466 e. The van der Waals surface area contributed by atoms with E-state index >= 15 is 0 Å². The molecule has 0 saturated carbocycles. The van der Waals surface area contributed by atoms with Gasteiger partial charge in [0.15, 0.2) is 0 Å². The second-order valence-electron chi connectivity index (χ2n) is 29.9. The number of hydrogen-bond acceptors (Lipinski definition) is 5. The first-order chi connectivity index (χ1) is 46.0. The van der Waals surface area contributed by atoms with Crippen molar-refractivity contribution in [3.8, 4) is 0 Å². The number of carbonyl (C=O) groups is 2. The van der Waals surface area contributed by atoms with Crippen LogP contribution in [0.25, 0.3) is 0 Å². The van der Waals surface area contributed by atoms with Gasteiger partial charge in [0.25, 0.3) is 0 Å². The number of unbranched alkanes of at least 4 members (excludes halogenated alkanes) is 69. The Bertz CT molecular complexity index is 1460. The van der Waals surface area contributed by atoms with E-state index in [0.717, 1.165) is 38.5 Å². The van der Waals surface area contributed by atoms with Gasteiger partial charge in [-0.15, -0.1) is 0 Å². The molecule has 0 aliphatic heterocycles. The Morgan fingerprint density at radius 2 is 0.505 bits per heavy atom. The number of carbonyl (C=O) groups excluding carboxylic acids is 2. The Labute approximate surface area is 583 Å². The number of hydrogen-bond donors (Lipinski definition) is 3. The molecule has 0 bridgehead atoms. The minimum atomic E-state index is -0.843. The monoisotopic (exact) mass is 1310 g/mol. The zero-order valence-corrected chi connectivity index (χ0v) is 63.5. The van der Waals surface area contributed by atoms with Crippen molar-refractivity contribution in [3.05, 3.63) is 24.3 Å². The molecule has 0 aromatic carbocycles. The molecular formula is C87H169NO5. The fraction of sp³-hybridized carbons (Fsp3) is 0.931. The van der Waals surface area contributed by atoms with Crippen molar-refractivity contribution >= 4 is 11.9 Å². The van der Waals surface area contributed by atoms with Crippen LogP contribution in [0.15, 0.2) is 24.3 Å². The van der Waals surface area contributed by atoms with Crippen molar-refractivity contribution in [2.24, 2.45) is 0 Å². The van der Waals surface area contributed by atoms with Crippen LogP contribution in [0.3, 0.4) is 0 Å². The molecule has 2 unspecified atom stereocenters. The molecule has 93 heavy (non-hydrogen) atoms. The summed E-state index contributed by atoms with van der Waals surface area (Å²) in [5.41, 5.74) is 0. The Morgan fingerprint density at radius 3 is 0.763 bits per heavy atom. The molecular weight excluding hydrogens is 1140 g/mol. The van der Waals surface area contributed by atoms with Crippen LogP contribution < -0.4 is 5.32 Å². The van der Waals surface area contributed by atoms with Gasteiger partial charge >= 0.3 is 5.97 Å². The summed E-state index contributed by atoms with van der Waals surface area (Å²) in [6, 6.07) is -0.626. The number of rotatable bonds is 82. The second kappa shape index (κ2) is 82.8. The molecule has 0 aliphatic rings. The highest BCUT2D eigenvalue weighted by Gasteiger charge is 2.18. The predicted molar refractivity (Wildman–Crippen MR) is 412 cm³/mol. The molecule has 1 amide bonds. The van der Waals surface area contributed by atoms with Crippen LogP contribution in [0.2, 0.25) is 0 Å². The van der Waals surface area contributed by atoms with E-state index in [4.69, 9.17) is 4.74 Å². The molecule has 6 heteroatoms. The predicted octanol–water partition coefficient (Wildman–Crippen LogP) is 28.8. The lowest BCUT2D eigenvalue weighted by Gasteiger charge is -2.20. The van der Waals surface area contributed by atoms with Crippen LogP contribution in [0.5, 0.6) is 0 Å². The van der Waals surface area contributed by atoms with Gasteiger partial charge in [0, 0.05) is 12.8 Å². The molecule has 0 radical (unpaired) electrons. The topological polar surface area (TPSA) is 95.9 Å². The van der Waals surface area contributed by atoms with E-state index in [1.165, 1.54) is 430 Å². The number of esters is 1. The molecule has 0 fully saturated rings. The van der Waals surface area contributed by atoms with E-state index in [-0.39, 0.29) is 18.5 Å². The average molecular weight is 1310 g/mol. The van der Waals surface area contributed by atoms with Gasteiger partial charge in [0.1, 0.15) is 0 Å². The molecule has 0 aromatic rings. The lowest BCUT2D eigenvalue weighted by molar-refractivity contribution is -0.143. The maximum Gasteiger partial charge on any atom is 0.305 e. The number of aliphatic hydroxyl groups is 2. The van der Waals surface area contributed by atoms with Gasteiger partial charge < -0.3 is 20.3 Å². The van der Waals surface area contributed by atoms with Gasteiger partial charge in [0.05, 0.1) is 25.4 Å². The third-order valence-electron chi connectivity index (χ3n) is 20.5. The molecule has 6 nitrogen and oxygen atoms in total. The Balaban J connectivity index is 3.34. The fourth-order valence-corrected chi connectivity index (χ4v) is 13.9. The van der Waals surface area contributed by atoms with E-state index in [0.29, 0.717) is 19.4 Å². The SMILES string of the molecule is CCCCCCCCCCCCCCCCCCCCCC/C=C/C(O)C(CO)NC(=O)CCCCCCCCCCCCCCCCCCC/C=C\CCCCCCCCCCCCCCCCCCOC(=O)CCCCCCCCCCCCCCCCCCC. The highest BCUT2D eigenvalue weighted by Crippen LogP contribution is 2.21. The minimum Gasteiger partial charge on any atom is -0.466 e. The summed E-state index contributed by atoms with van der Waals surface area (Å²) in [4.78, 5) is 24.7. The standard InChI is InChI=1S/C87H169NO5/c1-3-5-7-9-11-13-15-17-19-21-22-23-41-44-48-51-55-59-63-67-71-75-79-85(90)84(83-89)88-86(91)80-76-72-68-64-60-56-52-49-45-42-39-37-35-33-31-29-27-25-24-26-28-30-32-34-36-38-40-43-46-50-54-58-62-66-70-74-78-82-93-87(92)81-77-73-69-65-61-57-53-47-20-18-16-14-12-10-8-6-4-2/h24,26,75,79,84-85,89-90H,3-23,25,27-74,76-78,80-83H2,1-2H3,(H,88,91)/b26-24-,79-75+. The van der Waals surface area contributed by atoms with Crippen molar-refractivity contribution in [1.82, 2.24) is 5.32 Å². The van der Waals surface area contributed by atoms with Crippen molar-refractivity contribution in [1.29, 1.82) is 0 Å². The summed E-state index contributed by atoms with van der Waals surface area (Å²) in [6.45, 7) is 4.97. The molecule has 0 aliphatic carbocycles. The highest BCUT2D eigenvalue weighted by atomic mass is 16.5. The van der Waals surface area contributed by atoms with Crippen molar-refractivity contribution in [2.75, 3.05) is 13.2 Å². The number of nitrogens with one attached hydrogen (secondary N) is 1. The van der Waals surface area contributed by atoms with Crippen LogP contribution >= 0.6 is 0 Å². The van der Waals surface area contributed by atoms with Gasteiger partial charge in [0.2, 0.25) is 5.91 Å². The summed E-state index contributed by atoms with van der Waals surface area (Å²) in [5, 5.41) is 23.3. The summed E-state index contributed by atoms with van der Waals surface area (Å²) < 4.78 is 5.52. The van der Waals surface area contributed by atoms with Crippen molar-refractivity contribution < 1.29 is 24.5 Å². The lowest BCUT2D eigenvalue weighted by Crippen LogP contribution is -2.45. The molecule has 552 valence electrons. The van der Waals surface area contributed by atoms with E-state index in [1.54, 1.807) is 6.08 Å². The summed E-state index contributed by atoms with van der Waals surface area (Å²) in [5.74, 6) is -0.0321. The normalized spacial score (nSPS) is 12.5. The second-order valence-corrected chi connectivity index (χ2v) is 29.9. The van der Waals surface area contributed by atoms with Gasteiger partial charge in [-0.25, -0.2) is 0 Å². The lowest BCUT2D eigenvalue weighted by atomic mass is 10.0. The van der Waals surface area contributed by atoms with E-state index in [1.807, 2.05) is 6.08 Å². The molecule has 0 rings (SSSR count). The van der Waals surface area contributed by atoms with Crippen LogP contribution in [0.4, 0.5) is 0 Å². The smallest absolute Gasteiger partial charge is 0.305 e. The highest BCUT2D eigenvalue weighted by molar-refractivity contribution is 5.76. The van der Waals surface area contributed by atoms with Gasteiger partial charge in [-0.1, -0.05) is 449 Å². The molecule has 0 spiro atoms. The molecule has 2 atom stereocenters. The first kappa shape index (κ1) is 91.3. The molecule has 0 saturated heterocycles. The number of ether oxygens (including phenoxy) is 1. The Hall–Kier alpha value is -1.66. The quantitative estimate of drug-likeness (QED) is 0.0320.